The second-order valence-corrected chi connectivity index (χ2v) is 12.6. The minimum absolute atomic E-state index is 0.00679. The molecule has 48 heavy (non-hydrogen) atoms. The fourth-order valence-electron chi connectivity index (χ4n) is 7.36. The quantitative estimate of drug-likeness (QED) is 0.192. The van der Waals surface area contributed by atoms with Crippen LogP contribution in [0.5, 0.6) is 0 Å². The molecule has 0 radical (unpaired) electrons. The predicted octanol–water partition coefficient (Wildman–Crippen LogP) is 12.5. The lowest BCUT2D eigenvalue weighted by molar-refractivity contribution is 0.745. The Morgan fingerprint density at radius 3 is 2.08 bits per heavy atom. The van der Waals surface area contributed by atoms with Gasteiger partial charge in [0.05, 0.1) is 19.7 Å². The van der Waals surface area contributed by atoms with Crippen LogP contribution in [0.15, 0.2) is 158 Å². The summed E-state index contributed by atoms with van der Waals surface area (Å²) in [6, 6.07) is 20.2. The standard InChI is InChI=1S/C46H34N2/c1-29-10-9-12-35(22-29)47(44-15-6-3-11-30(44)2)36-20-18-31-25-40-41-26-32-19-21-37(24-34(32)28-43(41)42(40)27-33(31)23-36)48-45-16-7-4-13-38(45)39-14-5-8-17-46(39)48/h3-28,38,45H,1-2H3/i18D,19D,20D,21D,23D,24D,25D,26D,27D,28D. The summed E-state index contributed by atoms with van der Waals surface area (Å²) in [6.07, 6.45) is 7.97. The normalized spacial score (nSPS) is 19.7. The average molecular weight is 625 g/mol. The first-order valence-corrected chi connectivity index (χ1v) is 16.1. The number of benzene rings is 7. The molecule has 2 heteroatoms. The highest BCUT2D eigenvalue weighted by atomic mass is 15.2. The van der Waals surface area contributed by atoms with E-state index in [4.69, 9.17) is 0 Å². The molecule has 2 nitrogen and oxygen atoms in total. The number of rotatable bonds is 4. The van der Waals surface area contributed by atoms with E-state index >= 15 is 0 Å². The number of allylic oxidation sites excluding steroid dienone is 2. The molecule has 1 heterocycles. The molecule has 2 unspecified atom stereocenters. The Labute approximate surface area is 295 Å². The molecule has 0 amide bonds. The van der Waals surface area contributed by atoms with Gasteiger partial charge in [-0.05, 0) is 147 Å². The Bertz CT molecular complexity index is 3080. The maximum Gasteiger partial charge on any atom is 0.0651 e. The van der Waals surface area contributed by atoms with Crippen LogP contribution >= 0.6 is 0 Å². The third kappa shape index (κ3) is 4.06. The summed E-state index contributed by atoms with van der Waals surface area (Å²) < 4.78 is 94.7. The molecule has 7 aromatic rings. The largest absolute Gasteiger partial charge is 0.333 e. The van der Waals surface area contributed by atoms with E-state index in [0.29, 0.717) is 11.4 Å². The van der Waals surface area contributed by atoms with Gasteiger partial charge in [-0.2, -0.15) is 0 Å². The molecule has 7 aromatic carbocycles. The van der Waals surface area contributed by atoms with Crippen molar-refractivity contribution in [3.8, 4) is 22.3 Å². The van der Waals surface area contributed by atoms with Crippen LogP contribution in [0.4, 0.5) is 28.4 Å². The van der Waals surface area contributed by atoms with Gasteiger partial charge < -0.3 is 9.80 Å². The van der Waals surface area contributed by atoms with E-state index in [9.17, 15) is 13.7 Å². The minimum atomic E-state index is -0.344. The van der Waals surface area contributed by atoms with Gasteiger partial charge in [-0.1, -0.05) is 84.9 Å². The van der Waals surface area contributed by atoms with Gasteiger partial charge in [0.2, 0.25) is 0 Å². The molecule has 2 atom stereocenters. The number of anilines is 5. The third-order valence-electron chi connectivity index (χ3n) is 9.64. The summed E-state index contributed by atoms with van der Waals surface area (Å²) in [7, 11) is 0. The molecule has 0 saturated carbocycles. The van der Waals surface area contributed by atoms with E-state index in [2.05, 4.69) is 6.08 Å². The maximum atomic E-state index is 9.69. The molecule has 1 aliphatic heterocycles. The molecule has 0 bridgehead atoms. The highest BCUT2D eigenvalue weighted by molar-refractivity contribution is 6.12. The van der Waals surface area contributed by atoms with Gasteiger partial charge in [0, 0.05) is 34.4 Å². The lowest BCUT2D eigenvalue weighted by atomic mass is 9.78. The van der Waals surface area contributed by atoms with Crippen molar-refractivity contribution in [2.24, 2.45) is 0 Å². The number of fused-ring (bicyclic) bond motifs is 9. The number of hydrogen-bond donors (Lipinski definition) is 0. The summed E-state index contributed by atoms with van der Waals surface area (Å²) in [6.45, 7) is 3.86. The Hall–Kier alpha value is -5.86. The average Bonchev–Trinajstić information content (AvgIpc) is 3.52. The van der Waals surface area contributed by atoms with Crippen LogP contribution in [-0.2, 0) is 0 Å². The first-order chi connectivity index (χ1) is 27.8. The summed E-state index contributed by atoms with van der Waals surface area (Å²) in [4.78, 5) is 3.65. The van der Waals surface area contributed by atoms with Crippen molar-refractivity contribution in [3.63, 3.8) is 0 Å². The third-order valence-corrected chi connectivity index (χ3v) is 9.64. The first kappa shape index (κ1) is 19.1. The minimum Gasteiger partial charge on any atom is -0.333 e. The molecule has 2 aliphatic carbocycles. The van der Waals surface area contributed by atoms with Gasteiger partial charge in [-0.15, -0.1) is 0 Å². The molecule has 0 fully saturated rings. The molecule has 3 aliphatic rings. The molecular weight excluding hydrogens is 581 g/mol. The number of hydrogen-bond acceptors (Lipinski definition) is 2. The molecule has 0 aromatic heterocycles. The highest BCUT2D eigenvalue weighted by Gasteiger charge is 2.37. The van der Waals surface area contributed by atoms with Crippen molar-refractivity contribution in [1.82, 2.24) is 0 Å². The Balaban J connectivity index is 1.24. The van der Waals surface area contributed by atoms with Crippen LogP contribution in [-0.4, -0.2) is 6.04 Å². The van der Waals surface area contributed by atoms with Crippen molar-refractivity contribution >= 4 is 50.0 Å². The Morgan fingerprint density at radius 1 is 0.604 bits per heavy atom. The zero-order chi connectivity index (χ0) is 40.6. The SMILES string of the molecule is [2H]c1c(N(c2cccc(C)c2)c2ccccc2C)c([2H])c2c([2H])c3c(c([2H])c2c1[2H])-c1c-3c([2H])c2c([2H])c(N3c4ccccc4C4C=CC=CC43)c([2H])c([2H])c2c1[2H]. The van der Waals surface area contributed by atoms with Crippen LogP contribution in [0, 0.1) is 13.8 Å². The maximum absolute atomic E-state index is 9.69. The molecular formula is C46H34N2. The van der Waals surface area contributed by atoms with Crippen molar-refractivity contribution < 1.29 is 13.7 Å². The van der Waals surface area contributed by atoms with Crippen LogP contribution in [0.2, 0.25) is 0 Å². The van der Waals surface area contributed by atoms with Gasteiger partial charge in [-0.3, -0.25) is 0 Å². The molecule has 0 saturated heterocycles. The molecule has 228 valence electrons. The lowest BCUT2D eigenvalue weighted by Crippen LogP contribution is -2.28. The van der Waals surface area contributed by atoms with E-state index in [0.717, 1.165) is 22.4 Å². The number of aryl methyl sites for hydroxylation is 2. The van der Waals surface area contributed by atoms with Crippen LogP contribution in [0.3, 0.4) is 0 Å². The summed E-state index contributed by atoms with van der Waals surface area (Å²) in [5.74, 6) is -0.0480. The van der Waals surface area contributed by atoms with Crippen LogP contribution in [0.25, 0.3) is 43.8 Å². The predicted molar refractivity (Wildman–Crippen MR) is 203 cm³/mol. The van der Waals surface area contributed by atoms with Gasteiger partial charge in [-0.25, -0.2) is 0 Å². The van der Waals surface area contributed by atoms with E-state index < -0.39 is 0 Å². The highest BCUT2D eigenvalue weighted by Crippen LogP contribution is 2.52. The van der Waals surface area contributed by atoms with Crippen molar-refractivity contribution in [2.45, 2.75) is 25.8 Å². The smallest absolute Gasteiger partial charge is 0.0651 e. The zero-order valence-electron chi connectivity index (χ0n) is 36.3. The molecule has 0 spiro atoms. The van der Waals surface area contributed by atoms with Gasteiger partial charge in [0.15, 0.2) is 0 Å². The van der Waals surface area contributed by atoms with E-state index in [1.54, 1.807) is 4.90 Å². The Morgan fingerprint density at radius 2 is 1.29 bits per heavy atom. The van der Waals surface area contributed by atoms with E-state index in [1.807, 2.05) is 110 Å². The number of nitrogens with zero attached hydrogens (tertiary/aromatic N) is 2. The van der Waals surface area contributed by atoms with Crippen molar-refractivity contribution in [2.75, 3.05) is 9.80 Å². The first-order valence-electron chi connectivity index (χ1n) is 21.1. The summed E-state index contributed by atoms with van der Waals surface area (Å²) >= 11 is 0. The Kier molecular flexibility index (Phi) is 4.10. The topological polar surface area (TPSA) is 6.48 Å². The monoisotopic (exact) mass is 624 g/mol. The van der Waals surface area contributed by atoms with Crippen LogP contribution < -0.4 is 9.80 Å². The van der Waals surface area contributed by atoms with E-state index in [-0.39, 0.29) is 128 Å². The zero-order valence-corrected chi connectivity index (χ0v) is 26.3. The lowest BCUT2D eigenvalue weighted by Gasteiger charge is -2.30. The summed E-state index contributed by atoms with van der Waals surface area (Å²) in [5.41, 5.74) is 5.81. The van der Waals surface area contributed by atoms with Crippen LogP contribution in [0.1, 0.15) is 36.3 Å². The van der Waals surface area contributed by atoms with Gasteiger partial charge in [0.1, 0.15) is 0 Å². The number of para-hydroxylation sites is 2. The van der Waals surface area contributed by atoms with Crippen molar-refractivity contribution in [1.29, 1.82) is 0 Å². The molecule has 0 N–H and O–H groups in total. The van der Waals surface area contributed by atoms with Gasteiger partial charge >= 0.3 is 0 Å². The fraction of sp³-hybridized carbons (Fsp3) is 0.0870. The van der Waals surface area contributed by atoms with E-state index in [1.165, 1.54) is 0 Å². The fourth-order valence-corrected chi connectivity index (χ4v) is 7.36. The second kappa shape index (κ2) is 10.3. The molecule has 10 rings (SSSR count). The second-order valence-electron chi connectivity index (χ2n) is 12.6. The van der Waals surface area contributed by atoms with Gasteiger partial charge in [0.25, 0.3) is 0 Å². The summed E-state index contributed by atoms with van der Waals surface area (Å²) in [5, 5.41) is -0.145. The van der Waals surface area contributed by atoms with Crippen molar-refractivity contribution in [3.05, 3.63) is 174 Å².